The largest absolute Gasteiger partial charge is 0.352 e. The van der Waals surface area contributed by atoms with Gasteiger partial charge in [-0.25, -0.2) is 4.98 Å². The number of nitrogens with zero attached hydrogens (tertiary/aromatic N) is 5. The van der Waals surface area contributed by atoms with Crippen molar-refractivity contribution in [3.63, 3.8) is 0 Å². The van der Waals surface area contributed by atoms with E-state index in [9.17, 15) is 4.79 Å². The van der Waals surface area contributed by atoms with Crippen LogP contribution in [0.3, 0.4) is 0 Å². The Bertz CT molecular complexity index is 1140. The van der Waals surface area contributed by atoms with Crippen molar-refractivity contribution < 1.29 is 4.79 Å². The fourth-order valence-electron chi connectivity index (χ4n) is 3.40. The summed E-state index contributed by atoms with van der Waals surface area (Å²) in [4.78, 5) is 21.9. The Morgan fingerprint density at radius 2 is 2.00 bits per heavy atom. The highest BCUT2D eigenvalue weighted by atomic mass is 16.1. The van der Waals surface area contributed by atoms with E-state index in [1.54, 1.807) is 12.4 Å². The van der Waals surface area contributed by atoms with Crippen molar-refractivity contribution in [1.82, 2.24) is 29.6 Å². The zero-order chi connectivity index (χ0) is 20.2. The summed E-state index contributed by atoms with van der Waals surface area (Å²) in [5.74, 6) is 0.902. The molecule has 148 valence electrons. The lowest BCUT2D eigenvalue weighted by Crippen LogP contribution is -2.26. The van der Waals surface area contributed by atoms with Gasteiger partial charge in [-0.05, 0) is 38.5 Å². The van der Waals surface area contributed by atoms with Crippen LogP contribution in [-0.4, -0.2) is 36.8 Å². The van der Waals surface area contributed by atoms with E-state index in [1.165, 1.54) is 0 Å². The van der Waals surface area contributed by atoms with Crippen molar-refractivity contribution >= 4 is 16.8 Å². The van der Waals surface area contributed by atoms with Gasteiger partial charge in [0.05, 0.1) is 23.3 Å². The van der Waals surface area contributed by atoms with Gasteiger partial charge in [-0.15, -0.1) is 0 Å². The summed E-state index contributed by atoms with van der Waals surface area (Å²) in [5.41, 5.74) is 3.33. The molecule has 7 nitrogen and oxygen atoms in total. The number of imidazole rings is 1. The van der Waals surface area contributed by atoms with Gasteiger partial charge >= 0.3 is 0 Å². The van der Waals surface area contributed by atoms with Crippen LogP contribution in [0.25, 0.3) is 10.9 Å². The Morgan fingerprint density at radius 1 is 1.14 bits per heavy atom. The van der Waals surface area contributed by atoms with E-state index < -0.39 is 0 Å². The number of pyridine rings is 1. The highest BCUT2D eigenvalue weighted by molar-refractivity contribution is 6.06. The van der Waals surface area contributed by atoms with E-state index in [2.05, 4.69) is 20.0 Å². The van der Waals surface area contributed by atoms with E-state index in [0.29, 0.717) is 18.7 Å². The first-order valence-electron chi connectivity index (χ1n) is 9.75. The second kappa shape index (κ2) is 8.26. The van der Waals surface area contributed by atoms with Crippen molar-refractivity contribution in [2.45, 2.75) is 33.4 Å². The molecular weight excluding hydrogens is 364 g/mol. The summed E-state index contributed by atoms with van der Waals surface area (Å²) < 4.78 is 3.96. The lowest BCUT2D eigenvalue weighted by atomic mass is 10.1. The van der Waals surface area contributed by atoms with Crippen molar-refractivity contribution in [2.75, 3.05) is 6.54 Å². The molecule has 0 saturated carbocycles. The number of aryl methyl sites for hydroxylation is 3. The molecule has 7 heteroatoms. The van der Waals surface area contributed by atoms with Crippen LogP contribution in [0.15, 0.2) is 55.0 Å². The smallest absolute Gasteiger partial charge is 0.252 e. The molecule has 0 aliphatic rings. The SMILES string of the molecule is Cc1nccn1CCCNC(=O)c1cc(Cn2nccc2C)nc2ccccc12. The van der Waals surface area contributed by atoms with E-state index in [0.717, 1.165) is 41.1 Å². The number of nitrogens with one attached hydrogen (secondary N) is 1. The topological polar surface area (TPSA) is 77.6 Å². The Labute approximate surface area is 169 Å². The molecule has 1 N–H and O–H groups in total. The van der Waals surface area contributed by atoms with Crippen LogP contribution in [-0.2, 0) is 13.1 Å². The van der Waals surface area contributed by atoms with Gasteiger partial charge < -0.3 is 9.88 Å². The summed E-state index contributed by atoms with van der Waals surface area (Å²) in [6.07, 6.45) is 6.36. The predicted molar refractivity (Wildman–Crippen MR) is 112 cm³/mol. The van der Waals surface area contributed by atoms with Crippen LogP contribution in [0.5, 0.6) is 0 Å². The molecule has 0 unspecified atom stereocenters. The molecule has 0 bridgehead atoms. The number of carbonyl (C=O) groups is 1. The fraction of sp³-hybridized carbons (Fsp3) is 0.273. The molecule has 0 spiro atoms. The standard InChI is InChI=1S/C22H24N6O/c1-16-8-10-25-28(16)15-18-14-20(19-6-3-4-7-21(19)26-18)22(29)24-9-5-12-27-13-11-23-17(27)2/h3-4,6-8,10-11,13-14H,5,9,12,15H2,1-2H3,(H,24,29). The molecule has 4 rings (SSSR count). The molecule has 4 aromatic rings. The van der Waals surface area contributed by atoms with Gasteiger partial charge in [-0.1, -0.05) is 18.2 Å². The van der Waals surface area contributed by atoms with Crippen LogP contribution in [0.4, 0.5) is 0 Å². The minimum Gasteiger partial charge on any atom is -0.352 e. The quantitative estimate of drug-likeness (QED) is 0.494. The Hall–Kier alpha value is -3.48. The van der Waals surface area contributed by atoms with Crippen molar-refractivity contribution in [3.05, 3.63) is 77.8 Å². The second-order valence-electron chi connectivity index (χ2n) is 7.09. The molecule has 0 saturated heterocycles. The number of hydrogen-bond acceptors (Lipinski definition) is 4. The average Bonchev–Trinajstić information content (AvgIpc) is 3.32. The van der Waals surface area contributed by atoms with Gasteiger partial charge in [0.1, 0.15) is 5.82 Å². The normalized spacial score (nSPS) is 11.1. The van der Waals surface area contributed by atoms with Crippen LogP contribution in [0.2, 0.25) is 0 Å². The fourth-order valence-corrected chi connectivity index (χ4v) is 3.40. The minimum atomic E-state index is -0.0793. The van der Waals surface area contributed by atoms with Crippen LogP contribution in [0.1, 0.15) is 34.0 Å². The number of rotatable bonds is 7. The van der Waals surface area contributed by atoms with Crippen molar-refractivity contribution in [1.29, 1.82) is 0 Å². The van der Waals surface area contributed by atoms with E-state index >= 15 is 0 Å². The maximum absolute atomic E-state index is 12.9. The van der Waals surface area contributed by atoms with Gasteiger partial charge in [-0.3, -0.25) is 14.5 Å². The molecule has 0 aliphatic carbocycles. The number of para-hydroxylation sites is 1. The minimum absolute atomic E-state index is 0.0793. The summed E-state index contributed by atoms with van der Waals surface area (Å²) >= 11 is 0. The first kappa shape index (κ1) is 18.9. The van der Waals surface area contributed by atoms with Crippen molar-refractivity contribution in [3.8, 4) is 0 Å². The number of aromatic nitrogens is 5. The van der Waals surface area contributed by atoms with Gasteiger partial charge in [-0.2, -0.15) is 5.10 Å². The Kier molecular flexibility index (Phi) is 5.37. The number of carbonyl (C=O) groups excluding carboxylic acids is 1. The van der Waals surface area contributed by atoms with E-state index in [4.69, 9.17) is 4.98 Å². The van der Waals surface area contributed by atoms with Gasteiger partial charge in [0.2, 0.25) is 0 Å². The zero-order valence-electron chi connectivity index (χ0n) is 16.7. The molecule has 0 fully saturated rings. The molecule has 0 aliphatic heterocycles. The third-order valence-corrected chi connectivity index (χ3v) is 5.04. The summed E-state index contributed by atoms with van der Waals surface area (Å²) in [5, 5.41) is 8.23. The third kappa shape index (κ3) is 4.18. The predicted octanol–water partition coefficient (Wildman–Crippen LogP) is 3.11. The molecule has 1 aromatic carbocycles. The van der Waals surface area contributed by atoms with Crippen molar-refractivity contribution in [2.24, 2.45) is 0 Å². The maximum Gasteiger partial charge on any atom is 0.252 e. The lowest BCUT2D eigenvalue weighted by Gasteiger charge is -2.11. The molecule has 3 aromatic heterocycles. The highest BCUT2D eigenvalue weighted by Crippen LogP contribution is 2.19. The molecular formula is C22H24N6O. The molecule has 1 amide bonds. The average molecular weight is 388 g/mol. The number of amides is 1. The third-order valence-electron chi connectivity index (χ3n) is 5.04. The molecule has 0 radical (unpaired) electrons. The number of hydrogen-bond donors (Lipinski definition) is 1. The lowest BCUT2D eigenvalue weighted by molar-refractivity contribution is 0.0954. The van der Waals surface area contributed by atoms with E-state index in [-0.39, 0.29) is 5.91 Å². The highest BCUT2D eigenvalue weighted by Gasteiger charge is 2.13. The first-order chi connectivity index (χ1) is 14.1. The van der Waals surface area contributed by atoms with Crippen LogP contribution >= 0.6 is 0 Å². The van der Waals surface area contributed by atoms with E-state index in [1.807, 2.05) is 61.1 Å². The molecule has 29 heavy (non-hydrogen) atoms. The summed E-state index contributed by atoms with van der Waals surface area (Å²) in [7, 11) is 0. The molecule has 0 atom stereocenters. The number of benzene rings is 1. The monoisotopic (exact) mass is 388 g/mol. The summed E-state index contributed by atoms with van der Waals surface area (Å²) in [6, 6.07) is 11.6. The van der Waals surface area contributed by atoms with Crippen LogP contribution in [0, 0.1) is 13.8 Å². The van der Waals surface area contributed by atoms with Gasteiger partial charge in [0, 0.05) is 42.8 Å². The maximum atomic E-state index is 12.9. The summed E-state index contributed by atoms with van der Waals surface area (Å²) in [6.45, 7) is 5.94. The first-order valence-corrected chi connectivity index (χ1v) is 9.75. The van der Waals surface area contributed by atoms with Gasteiger partial charge in [0.25, 0.3) is 5.91 Å². The molecule has 3 heterocycles. The number of fused-ring (bicyclic) bond motifs is 1. The van der Waals surface area contributed by atoms with Crippen LogP contribution < -0.4 is 5.32 Å². The Balaban J connectivity index is 1.51. The zero-order valence-corrected chi connectivity index (χ0v) is 16.7. The van der Waals surface area contributed by atoms with Gasteiger partial charge in [0.15, 0.2) is 0 Å². The Morgan fingerprint density at radius 3 is 2.76 bits per heavy atom. The second-order valence-corrected chi connectivity index (χ2v) is 7.09.